The van der Waals surface area contributed by atoms with Gasteiger partial charge in [-0.3, -0.25) is 9.40 Å². The first-order chi connectivity index (χ1) is 12.3. The maximum absolute atomic E-state index is 12.8. The fraction of sp³-hybridized carbons (Fsp3) is 0.211. The van der Waals surface area contributed by atoms with Gasteiger partial charge < -0.3 is 0 Å². The van der Waals surface area contributed by atoms with Crippen molar-refractivity contribution in [2.75, 3.05) is 4.72 Å². The summed E-state index contributed by atoms with van der Waals surface area (Å²) in [6, 6.07) is 14.7. The van der Waals surface area contributed by atoms with Gasteiger partial charge in [-0.25, -0.2) is 8.42 Å². The molecule has 26 heavy (non-hydrogen) atoms. The molecule has 0 unspecified atom stereocenters. The van der Waals surface area contributed by atoms with Gasteiger partial charge >= 0.3 is 0 Å². The first-order valence-corrected chi connectivity index (χ1v) is 10.0. The molecule has 0 radical (unpaired) electrons. The van der Waals surface area contributed by atoms with E-state index in [0.29, 0.717) is 28.5 Å². The molecule has 0 aliphatic carbocycles. The predicted molar refractivity (Wildman–Crippen MR) is 104 cm³/mol. The molecule has 3 rings (SSSR count). The highest BCUT2D eigenvalue weighted by Crippen LogP contribution is 2.27. The molecular weight excluding hydrogens is 370 g/mol. The number of nitrogens with one attached hydrogen (secondary N) is 1. The highest BCUT2D eigenvalue weighted by Gasteiger charge is 2.22. The van der Waals surface area contributed by atoms with E-state index in [1.165, 1.54) is 0 Å². The maximum Gasteiger partial charge on any atom is 0.262 e. The van der Waals surface area contributed by atoms with Gasteiger partial charge in [0.1, 0.15) is 0 Å². The van der Waals surface area contributed by atoms with Crippen LogP contribution in [0.2, 0.25) is 5.02 Å². The van der Waals surface area contributed by atoms with Crippen molar-refractivity contribution in [1.82, 2.24) is 9.78 Å². The minimum atomic E-state index is -3.76. The Balaban J connectivity index is 1.94. The lowest BCUT2D eigenvalue weighted by Gasteiger charge is -2.12. The highest BCUT2D eigenvalue weighted by atomic mass is 35.5. The summed E-state index contributed by atoms with van der Waals surface area (Å²) >= 11 is 6.07. The summed E-state index contributed by atoms with van der Waals surface area (Å²) < 4.78 is 30.2. The molecule has 136 valence electrons. The largest absolute Gasteiger partial charge is 0.276 e. The van der Waals surface area contributed by atoms with Crippen molar-refractivity contribution >= 4 is 27.3 Å². The number of rotatable bonds is 5. The molecule has 0 saturated carbocycles. The number of aromatic nitrogens is 2. The smallest absolute Gasteiger partial charge is 0.262 e. The van der Waals surface area contributed by atoms with Crippen LogP contribution in [0.4, 0.5) is 5.69 Å². The standard InChI is InChI=1S/C19H20ClN3O2S/c1-13-17(20)10-7-11-18(13)26(24,25)22-19-14(2)21-23(15(19)3)12-16-8-5-4-6-9-16/h4-11,22H,12H2,1-3H3. The summed E-state index contributed by atoms with van der Waals surface area (Å²) in [6.45, 7) is 5.91. The number of nitrogens with zero attached hydrogens (tertiary/aromatic N) is 2. The third-order valence-corrected chi connectivity index (χ3v) is 6.20. The zero-order valence-corrected chi connectivity index (χ0v) is 16.4. The Bertz CT molecular complexity index is 1040. The van der Waals surface area contributed by atoms with Gasteiger partial charge in [0.25, 0.3) is 10.0 Å². The molecule has 2 aromatic carbocycles. The van der Waals surface area contributed by atoms with E-state index in [-0.39, 0.29) is 4.90 Å². The van der Waals surface area contributed by atoms with E-state index in [0.717, 1.165) is 11.3 Å². The van der Waals surface area contributed by atoms with Crippen molar-refractivity contribution in [3.8, 4) is 0 Å². The molecule has 1 heterocycles. The molecular formula is C19H20ClN3O2S. The molecule has 0 fully saturated rings. The van der Waals surface area contributed by atoms with Crippen LogP contribution in [0.5, 0.6) is 0 Å². The van der Waals surface area contributed by atoms with Gasteiger partial charge in [-0.2, -0.15) is 5.10 Å². The van der Waals surface area contributed by atoms with E-state index in [2.05, 4.69) is 9.82 Å². The molecule has 3 aromatic rings. The monoisotopic (exact) mass is 389 g/mol. The van der Waals surface area contributed by atoms with Crippen molar-refractivity contribution in [1.29, 1.82) is 0 Å². The third kappa shape index (κ3) is 3.61. The van der Waals surface area contributed by atoms with Crippen molar-refractivity contribution in [3.63, 3.8) is 0 Å². The Kier molecular flexibility index (Phi) is 5.07. The van der Waals surface area contributed by atoms with Gasteiger partial charge in [0, 0.05) is 5.02 Å². The lowest BCUT2D eigenvalue weighted by atomic mass is 10.2. The number of sulfonamides is 1. The average molecular weight is 390 g/mol. The highest BCUT2D eigenvalue weighted by molar-refractivity contribution is 7.92. The van der Waals surface area contributed by atoms with Crippen LogP contribution in [-0.4, -0.2) is 18.2 Å². The van der Waals surface area contributed by atoms with Crippen LogP contribution >= 0.6 is 11.6 Å². The fourth-order valence-corrected chi connectivity index (χ4v) is 4.50. The lowest BCUT2D eigenvalue weighted by Crippen LogP contribution is -2.15. The molecule has 0 amide bonds. The number of hydrogen-bond donors (Lipinski definition) is 1. The Labute approximate surface area is 158 Å². The van der Waals surface area contributed by atoms with Crippen LogP contribution in [0.3, 0.4) is 0 Å². The minimum absolute atomic E-state index is 0.166. The van der Waals surface area contributed by atoms with Gasteiger partial charge in [-0.1, -0.05) is 48.0 Å². The van der Waals surface area contributed by atoms with Crippen molar-refractivity contribution in [2.45, 2.75) is 32.2 Å². The zero-order valence-electron chi connectivity index (χ0n) is 14.8. The Morgan fingerprint density at radius 3 is 2.42 bits per heavy atom. The SMILES string of the molecule is Cc1nn(Cc2ccccc2)c(C)c1NS(=O)(=O)c1cccc(Cl)c1C. The predicted octanol–water partition coefficient (Wildman–Crippen LogP) is 4.31. The normalized spacial score (nSPS) is 11.5. The van der Waals surface area contributed by atoms with Crippen LogP contribution in [0.1, 0.15) is 22.5 Å². The summed E-state index contributed by atoms with van der Waals surface area (Å²) in [4.78, 5) is 0.166. The molecule has 5 nitrogen and oxygen atoms in total. The van der Waals surface area contributed by atoms with E-state index >= 15 is 0 Å². The molecule has 7 heteroatoms. The van der Waals surface area contributed by atoms with Gasteiger partial charge in [0.05, 0.1) is 28.5 Å². The second kappa shape index (κ2) is 7.13. The lowest BCUT2D eigenvalue weighted by molar-refractivity contribution is 0.600. The number of benzene rings is 2. The van der Waals surface area contributed by atoms with Crippen LogP contribution in [0.15, 0.2) is 53.4 Å². The Morgan fingerprint density at radius 2 is 1.73 bits per heavy atom. The third-order valence-electron chi connectivity index (χ3n) is 4.30. The first kappa shape index (κ1) is 18.5. The van der Waals surface area contributed by atoms with E-state index in [4.69, 9.17) is 11.6 Å². The fourth-order valence-electron chi connectivity index (χ4n) is 2.82. The van der Waals surface area contributed by atoms with Gasteiger partial charge in [0.2, 0.25) is 0 Å². The first-order valence-electron chi connectivity index (χ1n) is 8.15. The van der Waals surface area contributed by atoms with Crippen LogP contribution in [0.25, 0.3) is 0 Å². The Hall–Kier alpha value is -2.31. The van der Waals surface area contributed by atoms with Gasteiger partial charge in [0.15, 0.2) is 0 Å². The molecule has 0 aliphatic rings. The molecule has 0 bridgehead atoms. The molecule has 0 spiro atoms. The molecule has 0 saturated heterocycles. The molecule has 0 aliphatic heterocycles. The second-order valence-corrected chi connectivity index (χ2v) is 8.22. The summed E-state index contributed by atoms with van der Waals surface area (Å²) in [7, 11) is -3.76. The topological polar surface area (TPSA) is 64.0 Å². The molecule has 1 N–H and O–H groups in total. The number of anilines is 1. The second-order valence-electron chi connectivity index (χ2n) is 6.16. The summed E-state index contributed by atoms with van der Waals surface area (Å²) in [5, 5.41) is 4.90. The van der Waals surface area contributed by atoms with Crippen LogP contribution < -0.4 is 4.72 Å². The van der Waals surface area contributed by atoms with Gasteiger partial charge in [-0.15, -0.1) is 0 Å². The maximum atomic E-state index is 12.8. The Morgan fingerprint density at radius 1 is 1.04 bits per heavy atom. The number of halogens is 1. The number of aryl methyl sites for hydroxylation is 1. The van der Waals surface area contributed by atoms with E-state index in [1.54, 1.807) is 36.7 Å². The minimum Gasteiger partial charge on any atom is -0.276 e. The summed E-state index contributed by atoms with van der Waals surface area (Å²) in [5.74, 6) is 0. The van der Waals surface area contributed by atoms with Crippen LogP contribution in [0, 0.1) is 20.8 Å². The van der Waals surface area contributed by atoms with E-state index < -0.39 is 10.0 Å². The molecule has 0 atom stereocenters. The zero-order chi connectivity index (χ0) is 18.9. The summed E-state index contributed by atoms with van der Waals surface area (Å²) in [5.41, 5.74) is 3.50. The average Bonchev–Trinajstić information content (AvgIpc) is 2.85. The van der Waals surface area contributed by atoms with E-state index in [9.17, 15) is 8.42 Å². The van der Waals surface area contributed by atoms with Crippen molar-refractivity contribution in [2.24, 2.45) is 0 Å². The number of hydrogen-bond acceptors (Lipinski definition) is 3. The molecule has 1 aromatic heterocycles. The quantitative estimate of drug-likeness (QED) is 0.707. The van der Waals surface area contributed by atoms with Crippen molar-refractivity contribution < 1.29 is 8.42 Å². The van der Waals surface area contributed by atoms with E-state index in [1.807, 2.05) is 37.3 Å². The summed E-state index contributed by atoms with van der Waals surface area (Å²) in [6.07, 6.45) is 0. The van der Waals surface area contributed by atoms with Crippen LogP contribution in [-0.2, 0) is 16.6 Å². The van der Waals surface area contributed by atoms with Crippen molar-refractivity contribution in [3.05, 3.63) is 76.1 Å². The van der Waals surface area contributed by atoms with Gasteiger partial charge in [-0.05, 0) is 44.0 Å².